The van der Waals surface area contributed by atoms with Gasteiger partial charge < -0.3 is 0 Å². The fourth-order valence-corrected chi connectivity index (χ4v) is 3.38. The predicted molar refractivity (Wildman–Crippen MR) is 81.7 cm³/mol. The lowest BCUT2D eigenvalue weighted by Gasteiger charge is -2.31. The standard InChI is InChI=1S/C19H20O/c20-18-13-7-12-17(14-15-8-3-1-4-9-15)19(18)16-10-5-2-6-11-16/h1-6,8-11,17,19H,7,12-14H2/t17-,19-/m0/s1. The number of Topliss-reactive ketones (excluding diaryl/α,β-unsaturated/α-hetero) is 1. The maximum Gasteiger partial charge on any atom is 0.140 e. The molecule has 0 N–H and O–H groups in total. The first kappa shape index (κ1) is 13.1. The molecule has 0 unspecified atom stereocenters. The number of carbonyl (C=O) groups excluding carboxylic acids is 1. The van der Waals surface area contributed by atoms with Crippen molar-refractivity contribution < 1.29 is 4.79 Å². The quantitative estimate of drug-likeness (QED) is 0.804. The summed E-state index contributed by atoms with van der Waals surface area (Å²) in [5.41, 5.74) is 2.53. The molecule has 1 heteroatoms. The topological polar surface area (TPSA) is 17.1 Å². The Bertz CT molecular complexity index is 559. The van der Waals surface area contributed by atoms with Crippen LogP contribution in [0.3, 0.4) is 0 Å². The van der Waals surface area contributed by atoms with Gasteiger partial charge in [-0.2, -0.15) is 0 Å². The molecule has 0 amide bonds. The van der Waals surface area contributed by atoms with Crippen molar-refractivity contribution in [2.24, 2.45) is 5.92 Å². The SMILES string of the molecule is O=C1CCC[C@@H](Cc2ccccc2)[C@@H]1c1ccccc1. The van der Waals surface area contributed by atoms with Gasteiger partial charge in [0.2, 0.25) is 0 Å². The summed E-state index contributed by atoms with van der Waals surface area (Å²) in [6, 6.07) is 20.8. The van der Waals surface area contributed by atoms with E-state index in [1.54, 1.807) is 0 Å². The van der Waals surface area contributed by atoms with Crippen LogP contribution in [0.1, 0.15) is 36.3 Å². The first-order chi connectivity index (χ1) is 9.84. The van der Waals surface area contributed by atoms with E-state index in [1.807, 2.05) is 24.3 Å². The summed E-state index contributed by atoms with van der Waals surface area (Å²) in [5.74, 6) is 0.953. The zero-order valence-corrected chi connectivity index (χ0v) is 11.7. The molecule has 1 aliphatic carbocycles. The van der Waals surface area contributed by atoms with Gasteiger partial charge in [-0.15, -0.1) is 0 Å². The van der Waals surface area contributed by atoms with Crippen LogP contribution in [0.15, 0.2) is 60.7 Å². The summed E-state index contributed by atoms with van der Waals surface area (Å²) in [6.45, 7) is 0. The van der Waals surface area contributed by atoms with E-state index in [0.29, 0.717) is 11.7 Å². The van der Waals surface area contributed by atoms with Gasteiger partial charge in [-0.3, -0.25) is 4.79 Å². The molecule has 0 heterocycles. The number of rotatable bonds is 3. The fourth-order valence-electron chi connectivity index (χ4n) is 3.38. The van der Waals surface area contributed by atoms with E-state index in [1.165, 1.54) is 11.1 Å². The van der Waals surface area contributed by atoms with Crippen LogP contribution in [-0.2, 0) is 11.2 Å². The summed E-state index contributed by atoms with van der Waals surface area (Å²) in [7, 11) is 0. The Morgan fingerprint density at radius 1 is 0.900 bits per heavy atom. The van der Waals surface area contributed by atoms with Crippen LogP contribution in [0.25, 0.3) is 0 Å². The molecule has 1 aliphatic rings. The van der Waals surface area contributed by atoms with E-state index in [2.05, 4.69) is 36.4 Å². The smallest absolute Gasteiger partial charge is 0.140 e. The average Bonchev–Trinajstić information content (AvgIpc) is 2.49. The van der Waals surface area contributed by atoms with Gasteiger partial charge in [-0.1, -0.05) is 60.7 Å². The molecule has 2 atom stereocenters. The average molecular weight is 264 g/mol. The van der Waals surface area contributed by atoms with Crippen molar-refractivity contribution in [3.05, 3.63) is 71.8 Å². The van der Waals surface area contributed by atoms with Crippen LogP contribution >= 0.6 is 0 Å². The third-order valence-corrected chi connectivity index (χ3v) is 4.32. The largest absolute Gasteiger partial charge is 0.299 e. The van der Waals surface area contributed by atoms with E-state index in [9.17, 15) is 4.79 Å². The molecule has 2 aromatic carbocycles. The first-order valence-corrected chi connectivity index (χ1v) is 7.46. The highest BCUT2D eigenvalue weighted by Gasteiger charge is 2.32. The van der Waals surface area contributed by atoms with Crippen LogP contribution < -0.4 is 0 Å². The first-order valence-electron chi connectivity index (χ1n) is 7.46. The molecule has 1 nitrogen and oxygen atoms in total. The third-order valence-electron chi connectivity index (χ3n) is 4.32. The van der Waals surface area contributed by atoms with Gasteiger partial charge in [0.05, 0.1) is 0 Å². The second-order valence-corrected chi connectivity index (χ2v) is 5.70. The van der Waals surface area contributed by atoms with Crippen LogP contribution in [0.5, 0.6) is 0 Å². The van der Waals surface area contributed by atoms with Gasteiger partial charge in [-0.05, 0) is 36.3 Å². The van der Waals surface area contributed by atoms with Gasteiger partial charge >= 0.3 is 0 Å². The van der Waals surface area contributed by atoms with Crippen molar-refractivity contribution in [2.75, 3.05) is 0 Å². The van der Waals surface area contributed by atoms with E-state index in [4.69, 9.17) is 0 Å². The van der Waals surface area contributed by atoms with Gasteiger partial charge in [0, 0.05) is 12.3 Å². The summed E-state index contributed by atoms with van der Waals surface area (Å²) in [6.07, 6.45) is 3.94. The molecule has 3 rings (SSSR count). The Morgan fingerprint density at radius 3 is 2.25 bits per heavy atom. The molecule has 0 saturated heterocycles. The van der Waals surface area contributed by atoms with Gasteiger partial charge in [0.1, 0.15) is 5.78 Å². The second kappa shape index (κ2) is 6.04. The van der Waals surface area contributed by atoms with E-state index < -0.39 is 0 Å². The number of benzene rings is 2. The molecule has 0 spiro atoms. The highest BCUT2D eigenvalue weighted by atomic mass is 16.1. The van der Waals surface area contributed by atoms with Gasteiger partial charge in [-0.25, -0.2) is 0 Å². The number of carbonyl (C=O) groups is 1. The molecule has 2 aromatic rings. The third kappa shape index (κ3) is 2.82. The number of hydrogen-bond acceptors (Lipinski definition) is 1. The molecule has 0 aliphatic heterocycles. The van der Waals surface area contributed by atoms with E-state index >= 15 is 0 Å². The zero-order valence-electron chi connectivity index (χ0n) is 11.7. The molecule has 102 valence electrons. The van der Waals surface area contributed by atoms with E-state index in [-0.39, 0.29) is 5.92 Å². The predicted octanol–water partition coefficient (Wildman–Crippen LogP) is 4.38. The Labute approximate surface area is 120 Å². The zero-order chi connectivity index (χ0) is 13.8. The number of hydrogen-bond donors (Lipinski definition) is 0. The highest BCUT2D eigenvalue weighted by molar-refractivity contribution is 5.86. The highest BCUT2D eigenvalue weighted by Crippen LogP contribution is 2.37. The Morgan fingerprint density at radius 2 is 1.55 bits per heavy atom. The molecule has 0 aromatic heterocycles. The fraction of sp³-hybridized carbons (Fsp3) is 0.316. The lowest BCUT2D eigenvalue weighted by Crippen LogP contribution is -2.28. The molecule has 1 saturated carbocycles. The number of ketones is 1. The lowest BCUT2D eigenvalue weighted by atomic mass is 9.72. The minimum atomic E-state index is 0.0881. The van der Waals surface area contributed by atoms with Crippen molar-refractivity contribution in [3.63, 3.8) is 0 Å². The maximum atomic E-state index is 12.4. The summed E-state index contributed by atoms with van der Waals surface area (Å²) in [4.78, 5) is 12.4. The maximum absolute atomic E-state index is 12.4. The van der Waals surface area contributed by atoms with Crippen molar-refractivity contribution in [2.45, 2.75) is 31.6 Å². The Balaban J connectivity index is 1.85. The summed E-state index contributed by atoms with van der Waals surface area (Å²) >= 11 is 0. The van der Waals surface area contributed by atoms with Crippen LogP contribution in [0, 0.1) is 5.92 Å². The molecule has 0 bridgehead atoms. The Hall–Kier alpha value is -1.89. The molecule has 1 fully saturated rings. The minimum Gasteiger partial charge on any atom is -0.299 e. The molecule has 20 heavy (non-hydrogen) atoms. The molecular formula is C19H20O. The van der Waals surface area contributed by atoms with Crippen molar-refractivity contribution >= 4 is 5.78 Å². The lowest BCUT2D eigenvalue weighted by molar-refractivity contribution is -0.123. The van der Waals surface area contributed by atoms with Crippen molar-refractivity contribution in [1.29, 1.82) is 0 Å². The normalized spacial score (nSPS) is 22.7. The van der Waals surface area contributed by atoms with Crippen LogP contribution in [-0.4, -0.2) is 5.78 Å². The Kier molecular flexibility index (Phi) is 3.96. The van der Waals surface area contributed by atoms with Crippen molar-refractivity contribution in [3.8, 4) is 0 Å². The molecule has 0 radical (unpaired) electrons. The van der Waals surface area contributed by atoms with Crippen molar-refractivity contribution in [1.82, 2.24) is 0 Å². The summed E-state index contributed by atoms with van der Waals surface area (Å²) < 4.78 is 0. The molecular weight excluding hydrogens is 244 g/mol. The monoisotopic (exact) mass is 264 g/mol. The van der Waals surface area contributed by atoms with Gasteiger partial charge in [0.15, 0.2) is 0 Å². The summed E-state index contributed by atoms with van der Waals surface area (Å²) in [5, 5.41) is 0. The van der Waals surface area contributed by atoms with Crippen LogP contribution in [0.2, 0.25) is 0 Å². The van der Waals surface area contributed by atoms with Gasteiger partial charge in [0.25, 0.3) is 0 Å². The minimum absolute atomic E-state index is 0.0881. The van der Waals surface area contributed by atoms with Crippen LogP contribution in [0.4, 0.5) is 0 Å². The van der Waals surface area contributed by atoms with E-state index in [0.717, 1.165) is 25.7 Å². The second-order valence-electron chi connectivity index (χ2n) is 5.70.